The molecule has 0 amide bonds. The van der Waals surface area contributed by atoms with Crippen LogP contribution in [-0.4, -0.2) is 9.71 Å². The minimum absolute atomic E-state index is 0.0771. The minimum Gasteiger partial charge on any atom is -0.264 e. The van der Waals surface area contributed by atoms with Gasteiger partial charge in [0, 0.05) is 23.2 Å². The molecule has 0 N–H and O–H groups in total. The highest BCUT2D eigenvalue weighted by Gasteiger charge is 2.17. The molecule has 1 radical (unpaired) electrons. The van der Waals surface area contributed by atoms with Crippen LogP contribution in [0, 0.1) is 0 Å². The fourth-order valence-corrected chi connectivity index (χ4v) is 2.30. The molecule has 3 aromatic rings. The second-order valence-electron chi connectivity index (χ2n) is 5.67. The second-order valence-corrected chi connectivity index (χ2v) is 5.67. The highest BCUT2D eigenvalue weighted by molar-refractivity contribution is 6.07. The smallest absolute Gasteiger partial charge is 0.0960 e. The molecule has 0 aliphatic rings. The number of aromatic nitrogens is 2. The molecule has 91 valence electrons. The Morgan fingerprint density at radius 1 is 1.06 bits per heavy atom. The maximum absolute atomic E-state index is 12.1. The third kappa shape index (κ3) is 1.47. The molecular weight excluding hydrogens is 224 g/mol. The number of benzene rings is 1. The third-order valence-electron chi connectivity index (χ3n) is 3.39. The van der Waals surface area contributed by atoms with E-state index >= 15 is 0 Å². The summed E-state index contributed by atoms with van der Waals surface area (Å²) in [7, 11) is 0. The van der Waals surface area contributed by atoms with E-state index in [-0.39, 0.29) is 5.41 Å². The second kappa shape index (κ2) is 3.48. The molecule has 0 spiro atoms. The summed E-state index contributed by atoms with van der Waals surface area (Å²) in [4.78, 5) is 4.12. The zero-order chi connectivity index (χ0) is 12.9. The first-order valence-corrected chi connectivity index (χ1v) is 6.04. The lowest BCUT2D eigenvalue weighted by atomic mass is 9.86. The third-order valence-corrected chi connectivity index (χ3v) is 3.39. The lowest BCUT2D eigenvalue weighted by Crippen LogP contribution is -2.10. The summed E-state index contributed by atoms with van der Waals surface area (Å²) in [5.41, 5.74) is 2.71. The molecule has 0 fully saturated rings. The van der Waals surface area contributed by atoms with Crippen LogP contribution in [0.3, 0.4) is 0 Å². The standard InChI is InChI=1S/C15H15N2O/c1-15(2,3)10-4-5-13-11(8-10)12-9-16-7-6-14(12)17(13)18/h4-9H,1-3H3. The highest BCUT2D eigenvalue weighted by Crippen LogP contribution is 2.31. The average Bonchev–Trinajstić information content (AvgIpc) is 2.63. The van der Waals surface area contributed by atoms with Crippen molar-refractivity contribution in [2.45, 2.75) is 26.2 Å². The molecule has 0 unspecified atom stereocenters. The largest absolute Gasteiger partial charge is 0.264 e. The minimum atomic E-state index is 0.0771. The van der Waals surface area contributed by atoms with Gasteiger partial charge in [0.05, 0.1) is 11.0 Å². The fraction of sp³-hybridized carbons (Fsp3) is 0.267. The first-order chi connectivity index (χ1) is 8.48. The van der Waals surface area contributed by atoms with E-state index in [0.29, 0.717) is 11.0 Å². The lowest BCUT2D eigenvalue weighted by molar-refractivity contribution is 0.114. The summed E-state index contributed by atoms with van der Waals surface area (Å²) in [5, 5.41) is 14.0. The summed E-state index contributed by atoms with van der Waals surface area (Å²) in [5.74, 6) is 0. The van der Waals surface area contributed by atoms with Crippen LogP contribution in [0.15, 0.2) is 36.7 Å². The van der Waals surface area contributed by atoms with E-state index in [1.165, 1.54) is 5.56 Å². The molecule has 3 heteroatoms. The summed E-state index contributed by atoms with van der Waals surface area (Å²) >= 11 is 0. The van der Waals surface area contributed by atoms with Gasteiger partial charge in [0.25, 0.3) is 0 Å². The number of hydrogen-bond donors (Lipinski definition) is 0. The van der Waals surface area contributed by atoms with Crippen molar-refractivity contribution in [1.29, 1.82) is 0 Å². The van der Waals surface area contributed by atoms with Crippen molar-refractivity contribution < 1.29 is 5.21 Å². The van der Waals surface area contributed by atoms with Crippen LogP contribution in [0.2, 0.25) is 0 Å². The molecule has 2 aromatic heterocycles. The molecule has 3 rings (SSSR count). The Kier molecular flexibility index (Phi) is 2.14. The van der Waals surface area contributed by atoms with Gasteiger partial charge in [-0.05, 0) is 29.2 Å². The molecule has 0 saturated carbocycles. The van der Waals surface area contributed by atoms with Crippen LogP contribution in [0.1, 0.15) is 26.3 Å². The maximum atomic E-state index is 12.1. The van der Waals surface area contributed by atoms with Crippen LogP contribution in [0.4, 0.5) is 0 Å². The quantitative estimate of drug-likeness (QED) is 0.589. The van der Waals surface area contributed by atoms with Crippen LogP contribution in [0.5, 0.6) is 0 Å². The summed E-state index contributed by atoms with van der Waals surface area (Å²) in [6, 6.07) is 7.80. The van der Waals surface area contributed by atoms with E-state index in [2.05, 4.69) is 31.8 Å². The lowest BCUT2D eigenvalue weighted by Gasteiger charge is -2.18. The first kappa shape index (κ1) is 11.1. The van der Waals surface area contributed by atoms with Gasteiger partial charge < -0.3 is 0 Å². The van der Waals surface area contributed by atoms with Gasteiger partial charge in [0.1, 0.15) is 0 Å². The Bertz CT molecular complexity index is 735. The Hall–Kier alpha value is -2.03. The molecule has 0 aliphatic carbocycles. The Balaban J connectivity index is 2.44. The normalized spacial score (nSPS) is 12.4. The van der Waals surface area contributed by atoms with Crippen LogP contribution in [0.25, 0.3) is 21.8 Å². The van der Waals surface area contributed by atoms with Gasteiger partial charge in [-0.2, -0.15) is 5.21 Å². The highest BCUT2D eigenvalue weighted by atomic mass is 16.5. The van der Waals surface area contributed by atoms with E-state index < -0.39 is 0 Å². The average molecular weight is 239 g/mol. The van der Waals surface area contributed by atoms with Crippen LogP contribution in [-0.2, 0) is 10.6 Å². The van der Waals surface area contributed by atoms with Gasteiger partial charge in [-0.3, -0.25) is 4.98 Å². The van der Waals surface area contributed by atoms with Crippen LogP contribution >= 0.6 is 0 Å². The predicted molar refractivity (Wildman–Crippen MR) is 72.0 cm³/mol. The molecule has 0 aliphatic heterocycles. The zero-order valence-electron chi connectivity index (χ0n) is 10.8. The molecule has 0 atom stereocenters. The summed E-state index contributed by atoms with van der Waals surface area (Å²) in [6.07, 6.45) is 3.42. The Morgan fingerprint density at radius 3 is 2.50 bits per heavy atom. The number of hydrogen-bond acceptors (Lipinski definition) is 1. The number of fused-ring (bicyclic) bond motifs is 3. The molecule has 0 bridgehead atoms. The summed E-state index contributed by atoms with van der Waals surface area (Å²) in [6.45, 7) is 6.51. The van der Waals surface area contributed by atoms with Gasteiger partial charge >= 0.3 is 0 Å². The van der Waals surface area contributed by atoms with Crippen molar-refractivity contribution in [3.8, 4) is 0 Å². The molecule has 0 saturated heterocycles. The number of pyridine rings is 1. The first-order valence-electron chi connectivity index (χ1n) is 6.04. The zero-order valence-corrected chi connectivity index (χ0v) is 10.8. The van der Waals surface area contributed by atoms with E-state index in [0.717, 1.165) is 15.5 Å². The van der Waals surface area contributed by atoms with Gasteiger partial charge in [0.15, 0.2) is 0 Å². The van der Waals surface area contributed by atoms with E-state index in [1.54, 1.807) is 18.5 Å². The predicted octanol–water partition coefficient (Wildman–Crippen LogP) is 3.68. The maximum Gasteiger partial charge on any atom is 0.0960 e. The molecule has 2 heterocycles. The fourth-order valence-electron chi connectivity index (χ4n) is 2.30. The monoisotopic (exact) mass is 239 g/mol. The van der Waals surface area contributed by atoms with E-state index in [9.17, 15) is 5.21 Å². The summed E-state index contributed by atoms with van der Waals surface area (Å²) < 4.78 is 0.985. The molecular formula is C15H15N2O. The van der Waals surface area contributed by atoms with E-state index in [4.69, 9.17) is 0 Å². The topological polar surface area (TPSA) is 37.7 Å². The van der Waals surface area contributed by atoms with Crippen molar-refractivity contribution in [3.05, 3.63) is 42.2 Å². The van der Waals surface area contributed by atoms with Crippen molar-refractivity contribution in [1.82, 2.24) is 9.71 Å². The van der Waals surface area contributed by atoms with Crippen molar-refractivity contribution in [2.24, 2.45) is 0 Å². The van der Waals surface area contributed by atoms with Crippen molar-refractivity contribution >= 4 is 21.8 Å². The Morgan fingerprint density at radius 2 is 1.78 bits per heavy atom. The molecule has 1 aromatic carbocycles. The SMILES string of the molecule is CC(C)(C)c1ccc2c(c1)c1cnccc1n2[O]. The molecule has 3 nitrogen and oxygen atoms in total. The van der Waals surface area contributed by atoms with E-state index in [1.807, 2.05) is 12.1 Å². The number of nitrogens with zero attached hydrogens (tertiary/aromatic N) is 2. The van der Waals surface area contributed by atoms with Crippen molar-refractivity contribution in [2.75, 3.05) is 0 Å². The van der Waals surface area contributed by atoms with Gasteiger partial charge in [-0.1, -0.05) is 26.8 Å². The molecule has 18 heavy (non-hydrogen) atoms. The van der Waals surface area contributed by atoms with Gasteiger partial charge in [0.2, 0.25) is 0 Å². The van der Waals surface area contributed by atoms with Gasteiger partial charge in [-0.25, -0.2) is 0 Å². The van der Waals surface area contributed by atoms with Gasteiger partial charge in [-0.15, -0.1) is 4.73 Å². The van der Waals surface area contributed by atoms with Crippen molar-refractivity contribution in [3.63, 3.8) is 0 Å². The Labute approximate surface area is 106 Å². The van der Waals surface area contributed by atoms with Crippen LogP contribution < -0.4 is 0 Å². The number of rotatable bonds is 0.